The van der Waals surface area contributed by atoms with Crippen LogP contribution < -0.4 is 0 Å². The Morgan fingerprint density at radius 3 is 2.33 bits per heavy atom. The van der Waals surface area contributed by atoms with E-state index in [-0.39, 0.29) is 19.2 Å². The first-order chi connectivity index (χ1) is 8.23. The molecule has 0 amide bonds. The highest BCUT2D eigenvalue weighted by molar-refractivity contribution is 5.71. The first-order valence-electron chi connectivity index (χ1n) is 5.76. The fourth-order valence-corrected chi connectivity index (χ4v) is 1.51. The van der Waals surface area contributed by atoms with Crippen LogP contribution in [0.25, 0.3) is 0 Å². The Hall–Kier alpha value is -0.820. The summed E-state index contributed by atoms with van der Waals surface area (Å²) in [7, 11) is 1.45. The Morgan fingerprint density at radius 1 is 1.44 bits per heavy atom. The molecule has 2 unspecified atom stereocenters. The molecule has 4 nitrogen and oxygen atoms in total. The molecule has 0 aromatic rings. The van der Waals surface area contributed by atoms with Crippen molar-refractivity contribution < 1.29 is 27.8 Å². The van der Waals surface area contributed by atoms with Crippen molar-refractivity contribution in [2.45, 2.75) is 32.5 Å². The number of methoxy groups -OCH3 is 1. The van der Waals surface area contributed by atoms with Gasteiger partial charge in [-0.05, 0) is 13.3 Å². The van der Waals surface area contributed by atoms with Gasteiger partial charge in [-0.25, -0.2) is 0 Å². The summed E-state index contributed by atoms with van der Waals surface area (Å²) in [5.41, 5.74) is 0. The van der Waals surface area contributed by atoms with Gasteiger partial charge in [0, 0.05) is 26.2 Å². The SMILES string of the molecule is CCC(C)N(CCOC)CC(C(=O)O)C(F)(F)F. The molecule has 0 aromatic heterocycles. The number of carboxylic acid groups (broad SMARTS) is 1. The largest absolute Gasteiger partial charge is 0.481 e. The van der Waals surface area contributed by atoms with Gasteiger partial charge in [0.05, 0.1) is 6.61 Å². The van der Waals surface area contributed by atoms with E-state index >= 15 is 0 Å². The van der Waals surface area contributed by atoms with E-state index in [4.69, 9.17) is 9.84 Å². The Morgan fingerprint density at radius 2 is 2.00 bits per heavy atom. The van der Waals surface area contributed by atoms with Crippen molar-refractivity contribution in [3.05, 3.63) is 0 Å². The zero-order chi connectivity index (χ0) is 14.3. The highest BCUT2D eigenvalue weighted by Gasteiger charge is 2.46. The maximum Gasteiger partial charge on any atom is 0.403 e. The summed E-state index contributed by atoms with van der Waals surface area (Å²) in [6, 6.07) is -0.121. The molecule has 18 heavy (non-hydrogen) atoms. The second-order valence-electron chi connectivity index (χ2n) is 4.18. The lowest BCUT2D eigenvalue weighted by atomic mass is 10.1. The van der Waals surface area contributed by atoms with Crippen molar-refractivity contribution >= 4 is 5.97 Å². The Labute approximate surface area is 105 Å². The molecule has 0 radical (unpaired) electrons. The molecule has 1 N–H and O–H groups in total. The number of aliphatic carboxylic acids is 1. The number of halogens is 3. The quantitative estimate of drug-likeness (QED) is 0.733. The first-order valence-corrected chi connectivity index (χ1v) is 5.76. The molecule has 0 aliphatic carbocycles. The maximum atomic E-state index is 12.6. The third kappa shape index (κ3) is 5.68. The van der Waals surface area contributed by atoms with E-state index < -0.39 is 24.6 Å². The first kappa shape index (κ1) is 17.2. The Bertz CT molecular complexity index is 258. The van der Waals surface area contributed by atoms with E-state index in [2.05, 4.69) is 0 Å². The third-order valence-corrected chi connectivity index (χ3v) is 2.91. The fourth-order valence-electron chi connectivity index (χ4n) is 1.51. The molecular weight excluding hydrogens is 251 g/mol. The molecule has 0 aliphatic rings. The predicted octanol–water partition coefficient (Wildman–Crippen LogP) is 2.00. The molecule has 0 rings (SSSR count). The molecule has 0 aliphatic heterocycles. The Kier molecular flexibility index (Phi) is 7.23. The van der Waals surface area contributed by atoms with Crippen LogP contribution in [0.15, 0.2) is 0 Å². The number of hydrogen-bond acceptors (Lipinski definition) is 3. The zero-order valence-electron chi connectivity index (χ0n) is 10.8. The third-order valence-electron chi connectivity index (χ3n) is 2.91. The van der Waals surface area contributed by atoms with Gasteiger partial charge in [-0.2, -0.15) is 13.2 Å². The van der Waals surface area contributed by atoms with Crippen molar-refractivity contribution in [1.82, 2.24) is 4.90 Å². The van der Waals surface area contributed by atoms with Gasteiger partial charge in [0.15, 0.2) is 5.92 Å². The molecule has 0 spiro atoms. The van der Waals surface area contributed by atoms with Gasteiger partial charge in [-0.1, -0.05) is 6.92 Å². The van der Waals surface area contributed by atoms with E-state index in [9.17, 15) is 18.0 Å². The number of alkyl halides is 3. The number of ether oxygens (including phenoxy) is 1. The number of rotatable bonds is 8. The van der Waals surface area contributed by atoms with Gasteiger partial charge in [-0.3, -0.25) is 9.69 Å². The summed E-state index contributed by atoms with van der Waals surface area (Å²) in [4.78, 5) is 12.2. The average molecular weight is 271 g/mol. The molecule has 0 aromatic carbocycles. The lowest BCUT2D eigenvalue weighted by Gasteiger charge is -2.31. The van der Waals surface area contributed by atoms with Crippen LogP contribution in [0.4, 0.5) is 13.2 Å². The van der Waals surface area contributed by atoms with Crippen LogP contribution >= 0.6 is 0 Å². The van der Waals surface area contributed by atoms with Crippen LogP contribution in [0, 0.1) is 5.92 Å². The molecule has 0 saturated carbocycles. The van der Waals surface area contributed by atoms with E-state index in [0.717, 1.165) is 0 Å². The lowest BCUT2D eigenvalue weighted by Crippen LogP contribution is -2.45. The van der Waals surface area contributed by atoms with Crippen molar-refractivity contribution in [2.24, 2.45) is 5.92 Å². The van der Waals surface area contributed by atoms with Crippen LogP contribution in [-0.4, -0.2) is 55.0 Å². The topological polar surface area (TPSA) is 49.8 Å². The summed E-state index contributed by atoms with van der Waals surface area (Å²) in [6.07, 6.45) is -4.08. The van der Waals surface area contributed by atoms with Crippen molar-refractivity contribution in [3.63, 3.8) is 0 Å². The minimum atomic E-state index is -4.73. The predicted molar refractivity (Wildman–Crippen MR) is 60.4 cm³/mol. The van der Waals surface area contributed by atoms with Crippen LogP contribution in [0.5, 0.6) is 0 Å². The molecule has 0 bridgehead atoms. The summed E-state index contributed by atoms with van der Waals surface area (Å²) < 4.78 is 42.6. The highest BCUT2D eigenvalue weighted by Crippen LogP contribution is 2.28. The van der Waals surface area contributed by atoms with Crippen LogP contribution in [0.3, 0.4) is 0 Å². The second kappa shape index (κ2) is 7.58. The minimum Gasteiger partial charge on any atom is -0.481 e. The van der Waals surface area contributed by atoms with E-state index in [0.29, 0.717) is 6.42 Å². The van der Waals surface area contributed by atoms with Gasteiger partial charge in [0.1, 0.15) is 0 Å². The monoisotopic (exact) mass is 271 g/mol. The molecule has 0 fully saturated rings. The number of carboxylic acids is 1. The van der Waals surface area contributed by atoms with Gasteiger partial charge < -0.3 is 9.84 Å². The van der Waals surface area contributed by atoms with Crippen LogP contribution in [0.2, 0.25) is 0 Å². The molecule has 0 heterocycles. The number of carbonyl (C=O) groups is 1. The highest BCUT2D eigenvalue weighted by atomic mass is 19.4. The summed E-state index contributed by atoms with van der Waals surface area (Å²) in [5.74, 6) is -4.20. The van der Waals surface area contributed by atoms with Crippen LogP contribution in [-0.2, 0) is 9.53 Å². The van der Waals surface area contributed by atoms with Crippen molar-refractivity contribution in [2.75, 3.05) is 26.8 Å². The molecule has 2 atom stereocenters. The molecule has 108 valence electrons. The van der Waals surface area contributed by atoms with E-state index in [1.807, 2.05) is 6.92 Å². The molecule has 7 heteroatoms. The second-order valence-corrected chi connectivity index (χ2v) is 4.18. The van der Waals surface area contributed by atoms with Crippen molar-refractivity contribution in [3.8, 4) is 0 Å². The molecular formula is C11H20F3NO3. The van der Waals surface area contributed by atoms with Gasteiger partial charge in [-0.15, -0.1) is 0 Å². The Balaban J connectivity index is 4.75. The lowest BCUT2D eigenvalue weighted by molar-refractivity contribution is -0.197. The average Bonchev–Trinajstić information content (AvgIpc) is 2.26. The normalized spacial score (nSPS) is 15.7. The van der Waals surface area contributed by atoms with E-state index in [1.54, 1.807) is 6.92 Å². The number of nitrogens with zero attached hydrogens (tertiary/aromatic N) is 1. The van der Waals surface area contributed by atoms with Crippen molar-refractivity contribution in [1.29, 1.82) is 0 Å². The maximum absolute atomic E-state index is 12.6. The minimum absolute atomic E-state index is 0.121. The summed E-state index contributed by atoms with van der Waals surface area (Å²) in [5, 5.41) is 8.66. The van der Waals surface area contributed by atoms with Crippen LogP contribution in [0.1, 0.15) is 20.3 Å². The van der Waals surface area contributed by atoms with Gasteiger partial charge in [0.25, 0.3) is 0 Å². The zero-order valence-corrected chi connectivity index (χ0v) is 10.8. The summed E-state index contributed by atoms with van der Waals surface area (Å²) in [6.45, 7) is 3.62. The number of hydrogen-bond donors (Lipinski definition) is 1. The van der Waals surface area contributed by atoms with Gasteiger partial charge in [0.2, 0.25) is 0 Å². The fraction of sp³-hybridized carbons (Fsp3) is 0.909. The smallest absolute Gasteiger partial charge is 0.403 e. The molecule has 0 saturated heterocycles. The standard InChI is InChI=1S/C11H20F3NO3/c1-4-8(2)15(5-6-18-3)7-9(10(16)17)11(12,13)14/h8-9H,4-7H2,1-3H3,(H,16,17). The van der Waals surface area contributed by atoms with E-state index in [1.165, 1.54) is 12.0 Å². The van der Waals surface area contributed by atoms with Gasteiger partial charge >= 0.3 is 12.1 Å². The summed E-state index contributed by atoms with van der Waals surface area (Å²) >= 11 is 0.